The van der Waals surface area contributed by atoms with Gasteiger partial charge in [0.05, 0.1) is 17.8 Å². The fourth-order valence-corrected chi connectivity index (χ4v) is 2.35. The van der Waals surface area contributed by atoms with Crippen LogP contribution in [0.2, 0.25) is 0 Å². The molecule has 6 nitrogen and oxygen atoms in total. The fraction of sp³-hybridized carbons (Fsp3) is 0.571. The third-order valence-corrected chi connectivity index (χ3v) is 3.57. The number of rotatable bonds is 4. The van der Waals surface area contributed by atoms with Crippen LogP contribution in [-0.4, -0.2) is 59.4 Å². The molecule has 2 saturated heterocycles. The van der Waals surface area contributed by atoms with Crippen LogP contribution in [0.3, 0.4) is 0 Å². The average Bonchev–Trinajstić information content (AvgIpc) is 2.95. The number of aliphatic hydroxyl groups is 1. The van der Waals surface area contributed by atoms with E-state index in [2.05, 4.69) is 4.98 Å². The molecular weight excluding hydrogens is 260 g/mol. The summed E-state index contributed by atoms with van der Waals surface area (Å²) in [4.78, 5) is 17.7. The number of nitrogens with zero attached hydrogens (tertiary/aromatic N) is 2. The quantitative estimate of drug-likeness (QED) is 0.866. The number of carbonyl (C=O) groups is 1. The Morgan fingerprint density at radius 2 is 2.35 bits per heavy atom. The number of aromatic nitrogens is 1. The van der Waals surface area contributed by atoms with E-state index in [-0.39, 0.29) is 18.1 Å². The first-order valence-electron chi connectivity index (χ1n) is 6.90. The van der Waals surface area contributed by atoms with E-state index in [1.54, 1.807) is 17.0 Å². The summed E-state index contributed by atoms with van der Waals surface area (Å²) in [5, 5.41) is 9.19. The van der Waals surface area contributed by atoms with Crippen molar-refractivity contribution in [3.8, 4) is 5.88 Å². The standard InChI is InChI=1S/C14H18N2O4/c17-11-7-16(8-11)14(18)10-3-4-13(15-6-10)20-9-12-2-1-5-19-12/h3-4,6,11-12,17H,1-2,5,7-9H2/t12-/m0/s1. The van der Waals surface area contributed by atoms with Crippen LogP contribution in [0.25, 0.3) is 0 Å². The first-order valence-corrected chi connectivity index (χ1v) is 6.90. The molecule has 108 valence electrons. The van der Waals surface area contributed by atoms with Crippen molar-refractivity contribution in [2.45, 2.75) is 25.0 Å². The molecule has 0 aliphatic carbocycles. The molecule has 1 amide bonds. The summed E-state index contributed by atoms with van der Waals surface area (Å²) in [6, 6.07) is 3.39. The Hall–Kier alpha value is -1.66. The predicted octanol–water partition coefficient (Wildman–Crippen LogP) is 0.456. The number of hydrogen-bond donors (Lipinski definition) is 1. The van der Waals surface area contributed by atoms with Gasteiger partial charge in [0.2, 0.25) is 5.88 Å². The summed E-state index contributed by atoms with van der Waals surface area (Å²) >= 11 is 0. The van der Waals surface area contributed by atoms with Gasteiger partial charge in [-0.25, -0.2) is 4.98 Å². The smallest absolute Gasteiger partial charge is 0.255 e. The van der Waals surface area contributed by atoms with E-state index < -0.39 is 0 Å². The summed E-state index contributed by atoms with van der Waals surface area (Å²) in [6.07, 6.45) is 3.38. The molecule has 0 spiro atoms. The summed E-state index contributed by atoms with van der Waals surface area (Å²) in [5.41, 5.74) is 0.515. The lowest BCUT2D eigenvalue weighted by molar-refractivity contribution is 0.00585. The fourth-order valence-electron chi connectivity index (χ4n) is 2.35. The minimum atomic E-state index is -0.388. The molecule has 2 aliphatic heterocycles. The number of likely N-dealkylation sites (tertiary alicyclic amines) is 1. The van der Waals surface area contributed by atoms with Crippen molar-refractivity contribution >= 4 is 5.91 Å². The van der Waals surface area contributed by atoms with Crippen molar-refractivity contribution in [2.24, 2.45) is 0 Å². The average molecular weight is 278 g/mol. The molecule has 1 atom stereocenters. The largest absolute Gasteiger partial charge is 0.475 e. The van der Waals surface area contributed by atoms with E-state index in [4.69, 9.17) is 9.47 Å². The molecule has 1 aromatic heterocycles. The Balaban J connectivity index is 1.52. The van der Waals surface area contributed by atoms with Crippen molar-refractivity contribution in [2.75, 3.05) is 26.3 Å². The van der Waals surface area contributed by atoms with E-state index in [0.29, 0.717) is 31.1 Å². The number of hydrogen-bond acceptors (Lipinski definition) is 5. The predicted molar refractivity (Wildman–Crippen MR) is 70.6 cm³/mol. The van der Waals surface area contributed by atoms with Crippen molar-refractivity contribution in [3.63, 3.8) is 0 Å². The van der Waals surface area contributed by atoms with E-state index in [1.165, 1.54) is 6.20 Å². The van der Waals surface area contributed by atoms with E-state index >= 15 is 0 Å². The topological polar surface area (TPSA) is 71.9 Å². The third-order valence-electron chi connectivity index (χ3n) is 3.57. The zero-order valence-corrected chi connectivity index (χ0v) is 11.2. The van der Waals surface area contributed by atoms with Gasteiger partial charge in [-0.15, -0.1) is 0 Å². The molecule has 3 heterocycles. The monoisotopic (exact) mass is 278 g/mol. The van der Waals surface area contributed by atoms with Gasteiger partial charge in [-0.3, -0.25) is 4.79 Å². The highest BCUT2D eigenvalue weighted by atomic mass is 16.5. The Morgan fingerprint density at radius 3 is 2.95 bits per heavy atom. The lowest BCUT2D eigenvalue weighted by Crippen LogP contribution is -2.53. The van der Waals surface area contributed by atoms with Gasteiger partial charge in [0.1, 0.15) is 6.61 Å². The molecule has 3 rings (SSSR count). The van der Waals surface area contributed by atoms with Crippen LogP contribution in [0.1, 0.15) is 23.2 Å². The zero-order valence-electron chi connectivity index (χ0n) is 11.2. The van der Waals surface area contributed by atoms with Crippen LogP contribution in [-0.2, 0) is 4.74 Å². The molecule has 0 aromatic carbocycles. The lowest BCUT2D eigenvalue weighted by Gasteiger charge is -2.35. The van der Waals surface area contributed by atoms with Crippen LogP contribution < -0.4 is 4.74 Å². The second-order valence-electron chi connectivity index (χ2n) is 5.20. The van der Waals surface area contributed by atoms with Crippen LogP contribution in [0, 0.1) is 0 Å². The third kappa shape index (κ3) is 2.91. The van der Waals surface area contributed by atoms with Crippen LogP contribution >= 0.6 is 0 Å². The van der Waals surface area contributed by atoms with Crippen LogP contribution in [0.5, 0.6) is 5.88 Å². The Labute approximate surface area is 117 Å². The van der Waals surface area contributed by atoms with E-state index in [9.17, 15) is 9.90 Å². The Kier molecular flexibility index (Phi) is 3.84. The van der Waals surface area contributed by atoms with E-state index in [0.717, 1.165) is 19.4 Å². The SMILES string of the molecule is O=C(c1ccc(OC[C@@H]2CCCO2)nc1)N1CC(O)C1. The highest BCUT2D eigenvalue weighted by Crippen LogP contribution is 2.16. The summed E-state index contributed by atoms with van der Waals surface area (Å²) < 4.78 is 11.0. The highest BCUT2D eigenvalue weighted by Gasteiger charge is 2.29. The van der Waals surface area contributed by atoms with Gasteiger partial charge in [0.25, 0.3) is 5.91 Å². The Bertz CT molecular complexity index is 465. The maximum absolute atomic E-state index is 12.0. The van der Waals surface area contributed by atoms with Gasteiger partial charge in [-0.1, -0.05) is 0 Å². The molecule has 1 aromatic rings. The zero-order chi connectivity index (χ0) is 13.9. The number of ether oxygens (including phenoxy) is 2. The molecule has 0 saturated carbocycles. The van der Waals surface area contributed by atoms with Crippen LogP contribution in [0.4, 0.5) is 0 Å². The molecule has 2 fully saturated rings. The van der Waals surface area contributed by atoms with Gasteiger partial charge in [-0.05, 0) is 18.9 Å². The van der Waals surface area contributed by atoms with Crippen molar-refractivity contribution in [1.82, 2.24) is 9.88 Å². The van der Waals surface area contributed by atoms with Crippen molar-refractivity contribution in [1.29, 1.82) is 0 Å². The molecule has 0 bridgehead atoms. The first-order chi connectivity index (χ1) is 9.72. The molecule has 2 aliphatic rings. The molecule has 20 heavy (non-hydrogen) atoms. The normalized spacial score (nSPS) is 22.6. The first kappa shape index (κ1) is 13.3. The number of carbonyl (C=O) groups excluding carboxylic acids is 1. The van der Waals surface area contributed by atoms with Gasteiger partial charge in [-0.2, -0.15) is 0 Å². The van der Waals surface area contributed by atoms with Crippen LogP contribution in [0.15, 0.2) is 18.3 Å². The maximum atomic E-state index is 12.0. The number of pyridine rings is 1. The number of aliphatic hydroxyl groups excluding tert-OH is 1. The Morgan fingerprint density at radius 1 is 1.50 bits per heavy atom. The number of β-amino-alcohol motifs (C(OH)–C–C–N with tert-alkyl or cyclic N) is 1. The molecule has 0 radical (unpaired) electrons. The minimum Gasteiger partial charge on any atom is -0.475 e. The van der Waals surface area contributed by atoms with Gasteiger partial charge < -0.3 is 19.5 Å². The highest BCUT2D eigenvalue weighted by molar-refractivity contribution is 5.94. The summed E-state index contributed by atoms with van der Waals surface area (Å²) in [5.74, 6) is 0.397. The van der Waals surface area contributed by atoms with Gasteiger partial charge in [0.15, 0.2) is 0 Å². The summed E-state index contributed by atoms with van der Waals surface area (Å²) in [6.45, 7) is 2.10. The molecule has 0 unspecified atom stereocenters. The number of amides is 1. The van der Waals surface area contributed by atoms with E-state index in [1.807, 2.05) is 0 Å². The second-order valence-corrected chi connectivity index (χ2v) is 5.20. The molecule has 6 heteroatoms. The lowest BCUT2D eigenvalue weighted by atomic mass is 10.1. The second kappa shape index (κ2) is 5.76. The minimum absolute atomic E-state index is 0.103. The van der Waals surface area contributed by atoms with Crippen molar-refractivity contribution < 1.29 is 19.4 Å². The summed E-state index contributed by atoms with van der Waals surface area (Å²) in [7, 11) is 0. The molecular formula is C14H18N2O4. The van der Waals surface area contributed by atoms with Crippen molar-refractivity contribution in [3.05, 3.63) is 23.9 Å². The van der Waals surface area contributed by atoms with Gasteiger partial charge >= 0.3 is 0 Å². The maximum Gasteiger partial charge on any atom is 0.255 e. The molecule has 1 N–H and O–H groups in total. The van der Waals surface area contributed by atoms with Gasteiger partial charge in [0, 0.05) is 32.0 Å².